The third kappa shape index (κ3) is 3.23. The maximum absolute atomic E-state index is 9.30. The Hall–Kier alpha value is -0.160. The molecule has 3 atom stereocenters. The van der Waals surface area contributed by atoms with Gasteiger partial charge in [-0.05, 0) is 13.8 Å². The maximum atomic E-state index is 9.30. The number of hydrogen-bond donors (Lipinski definition) is 3. The van der Waals surface area contributed by atoms with Gasteiger partial charge in [0, 0.05) is 31.7 Å². The molecule has 0 aromatic heterocycles. The smallest absolute Gasteiger partial charge is 0.0897 e. The lowest BCUT2D eigenvalue weighted by Gasteiger charge is -2.38. The lowest BCUT2D eigenvalue weighted by Crippen LogP contribution is -2.56. The molecule has 1 fully saturated rings. The van der Waals surface area contributed by atoms with E-state index in [0.29, 0.717) is 18.6 Å². The molecule has 0 aromatic rings. The molecule has 4 nitrogen and oxygen atoms in total. The first kappa shape index (κ1) is 10.9. The van der Waals surface area contributed by atoms with Gasteiger partial charge in [0.1, 0.15) is 0 Å². The molecule has 0 amide bonds. The molecule has 3 N–H and O–H groups in total. The summed E-state index contributed by atoms with van der Waals surface area (Å²) in [6.45, 7) is 6.58. The van der Waals surface area contributed by atoms with Crippen LogP contribution < -0.4 is 5.32 Å². The molecule has 1 aliphatic rings. The van der Waals surface area contributed by atoms with Gasteiger partial charge >= 0.3 is 0 Å². The number of nitrogens with zero attached hydrogens (tertiary/aromatic N) is 1. The van der Waals surface area contributed by atoms with Crippen LogP contribution in [0.15, 0.2) is 0 Å². The van der Waals surface area contributed by atoms with Gasteiger partial charge in [0.2, 0.25) is 0 Å². The van der Waals surface area contributed by atoms with Crippen molar-refractivity contribution in [3.8, 4) is 0 Å². The van der Waals surface area contributed by atoms with Crippen LogP contribution in [0.25, 0.3) is 0 Å². The van der Waals surface area contributed by atoms with Crippen molar-refractivity contribution in [2.24, 2.45) is 0 Å². The fourth-order valence-electron chi connectivity index (χ4n) is 1.68. The predicted molar refractivity (Wildman–Crippen MR) is 51.6 cm³/mol. The van der Waals surface area contributed by atoms with E-state index in [1.807, 2.05) is 0 Å². The van der Waals surface area contributed by atoms with Crippen LogP contribution in [0.1, 0.15) is 13.8 Å². The number of β-amino-alcohol motifs (C(OH)–C–C–N with tert-alkyl or cyclic N) is 1. The van der Waals surface area contributed by atoms with E-state index in [1.54, 1.807) is 0 Å². The molecule has 4 heteroatoms. The Labute approximate surface area is 79.6 Å². The third-order valence-electron chi connectivity index (χ3n) is 2.55. The van der Waals surface area contributed by atoms with E-state index in [2.05, 4.69) is 24.1 Å². The normalized spacial score (nSPS) is 33.2. The molecule has 0 spiro atoms. The topological polar surface area (TPSA) is 55.7 Å². The zero-order chi connectivity index (χ0) is 9.84. The Bertz CT molecular complexity index is 155. The van der Waals surface area contributed by atoms with Crippen molar-refractivity contribution in [1.82, 2.24) is 10.2 Å². The summed E-state index contributed by atoms with van der Waals surface area (Å²) in [4.78, 5) is 2.21. The maximum Gasteiger partial charge on any atom is 0.0897 e. The number of aliphatic hydroxyl groups excluding tert-OH is 2. The average Bonchev–Trinajstić information content (AvgIpc) is 2.11. The first-order chi connectivity index (χ1) is 6.13. The van der Waals surface area contributed by atoms with Crippen molar-refractivity contribution in [3.05, 3.63) is 0 Å². The van der Waals surface area contributed by atoms with Gasteiger partial charge in [-0.25, -0.2) is 0 Å². The Morgan fingerprint density at radius 1 is 1.54 bits per heavy atom. The van der Waals surface area contributed by atoms with Crippen molar-refractivity contribution < 1.29 is 10.2 Å². The summed E-state index contributed by atoms with van der Waals surface area (Å²) in [5, 5.41) is 21.4. The van der Waals surface area contributed by atoms with Crippen molar-refractivity contribution in [1.29, 1.82) is 0 Å². The quantitative estimate of drug-likeness (QED) is 0.533. The molecule has 1 saturated heterocycles. The largest absolute Gasteiger partial charge is 0.394 e. The monoisotopic (exact) mass is 188 g/mol. The van der Waals surface area contributed by atoms with E-state index in [0.717, 1.165) is 13.1 Å². The zero-order valence-corrected chi connectivity index (χ0v) is 8.40. The second kappa shape index (κ2) is 4.91. The summed E-state index contributed by atoms with van der Waals surface area (Å²) in [5.41, 5.74) is 0. The van der Waals surface area contributed by atoms with Crippen molar-refractivity contribution in [2.45, 2.75) is 32.0 Å². The highest BCUT2D eigenvalue weighted by Crippen LogP contribution is 2.06. The lowest BCUT2D eigenvalue weighted by molar-refractivity contribution is 0.0340. The van der Waals surface area contributed by atoms with Crippen LogP contribution in [0.2, 0.25) is 0 Å². The standard InChI is InChI=1S/C9H20N2O2/c1-7-4-11(5-9(13)6-12)8(2)3-10-7/h7-10,12-13H,3-6H2,1-2H3. The fourth-order valence-corrected chi connectivity index (χ4v) is 1.68. The summed E-state index contributed by atoms with van der Waals surface area (Å²) in [6, 6.07) is 0.916. The molecular weight excluding hydrogens is 168 g/mol. The fraction of sp³-hybridized carbons (Fsp3) is 1.00. The van der Waals surface area contributed by atoms with Gasteiger partial charge in [-0.2, -0.15) is 0 Å². The lowest BCUT2D eigenvalue weighted by atomic mass is 10.1. The summed E-state index contributed by atoms with van der Waals surface area (Å²) in [5.74, 6) is 0. The first-order valence-corrected chi connectivity index (χ1v) is 4.90. The van der Waals surface area contributed by atoms with Crippen molar-refractivity contribution in [3.63, 3.8) is 0 Å². The van der Waals surface area contributed by atoms with E-state index in [4.69, 9.17) is 5.11 Å². The highest BCUT2D eigenvalue weighted by Gasteiger charge is 2.23. The molecule has 13 heavy (non-hydrogen) atoms. The number of nitrogens with one attached hydrogen (secondary N) is 1. The molecule has 1 aliphatic heterocycles. The van der Waals surface area contributed by atoms with Gasteiger partial charge in [0.15, 0.2) is 0 Å². The molecule has 0 aromatic carbocycles. The average molecular weight is 188 g/mol. The first-order valence-electron chi connectivity index (χ1n) is 4.90. The molecule has 0 bridgehead atoms. The molecule has 0 aliphatic carbocycles. The molecule has 3 unspecified atom stereocenters. The van der Waals surface area contributed by atoms with Gasteiger partial charge in [-0.15, -0.1) is 0 Å². The van der Waals surface area contributed by atoms with Crippen LogP contribution in [0.4, 0.5) is 0 Å². The Morgan fingerprint density at radius 3 is 2.85 bits per heavy atom. The van der Waals surface area contributed by atoms with E-state index in [-0.39, 0.29) is 6.61 Å². The van der Waals surface area contributed by atoms with E-state index in [1.165, 1.54) is 0 Å². The highest BCUT2D eigenvalue weighted by molar-refractivity contribution is 4.82. The molecule has 0 saturated carbocycles. The van der Waals surface area contributed by atoms with Gasteiger partial charge in [0.05, 0.1) is 12.7 Å². The summed E-state index contributed by atoms with van der Waals surface area (Å²) < 4.78 is 0. The highest BCUT2D eigenvalue weighted by atomic mass is 16.3. The minimum Gasteiger partial charge on any atom is -0.394 e. The molecule has 1 rings (SSSR count). The number of rotatable bonds is 3. The van der Waals surface area contributed by atoms with Gasteiger partial charge in [0.25, 0.3) is 0 Å². The van der Waals surface area contributed by atoms with Crippen LogP contribution in [-0.4, -0.2) is 59.5 Å². The SMILES string of the molecule is CC1CN(CC(O)CO)C(C)CN1. The molecular formula is C9H20N2O2. The van der Waals surface area contributed by atoms with Crippen LogP contribution in [0.5, 0.6) is 0 Å². The molecule has 0 radical (unpaired) electrons. The van der Waals surface area contributed by atoms with Crippen LogP contribution in [0.3, 0.4) is 0 Å². The van der Waals surface area contributed by atoms with Crippen molar-refractivity contribution >= 4 is 0 Å². The van der Waals surface area contributed by atoms with E-state index < -0.39 is 6.10 Å². The predicted octanol–water partition coefficient (Wildman–Crippen LogP) is -0.978. The number of hydrogen-bond acceptors (Lipinski definition) is 4. The second-order valence-electron chi connectivity index (χ2n) is 3.95. The van der Waals surface area contributed by atoms with E-state index >= 15 is 0 Å². The summed E-state index contributed by atoms with van der Waals surface area (Å²) in [6.07, 6.45) is -0.604. The Morgan fingerprint density at radius 2 is 2.23 bits per heavy atom. The van der Waals surface area contributed by atoms with E-state index in [9.17, 15) is 5.11 Å². The van der Waals surface area contributed by atoms with Gasteiger partial charge in [-0.1, -0.05) is 0 Å². The Kier molecular flexibility index (Phi) is 4.12. The van der Waals surface area contributed by atoms with Crippen LogP contribution >= 0.6 is 0 Å². The minimum atomic E-state index is -0.604. The number of piperazine rings is 1. The van der Waals surface area contributed by atoms with Crippen LogP contribution in [-0.2, 0) is 0 Å². The zero-order valence-electron chi connectivity index (χ0n) is 8.40. The Balaban J connectivity index is 2.37. The van der Waals surface area contributed by atoms with Crippen molar-refractivity contribution in [2.75, 3.05) is 26.2 Å². The third-order valence-corrected chi connectivity index (χ3v) is 2.55. The second-order valence-corrected chi connectivity index (χ2v) is 3.95. The van der Waals surface area contributed by atoms with Gasteiger partial charge < -0.3 is 15.5 Å². The molecule has 78 valence electrons. The van der Waals surface area contributed by atoms with Gasteiger partial charge in [-0.3, -0.25) is 4.90 Å². The summed E-state index contributed by atoms with van der Waals surface area (Å²) in [7, 11) is 0. The minimum absolute atomic E-state index is 0.148. The number of aliphatic hydroxyl groups is 2. The molecule has 1 heterocycles. The van der Waals surface area contributed by atoms with Crippen LogP contribution in [0, 0.1) is 0 Å². The summed E-state index contributed by atoms with van der Waals surface area (Å²) >= 11 is 0.